The molecule has 4 heteroatoms. The third-order valence-electron chi connectivity index (χ3n) is 2.38. The lowest BCUT2D eigenvalue weighted by Crippen LogP contribution is -2.21. The highest BCUT2D eigenvalue weighted by atomic mass is 16.1. The largest absolute Gasteiger partial charge is 0.310 e. The van der Waals surface area contributed by atoms with Gasteiger partial charge in [-0.1, -0.05) is 27.2 Å². The van der Waals surface area contributed by atoms with Crippen molar-refractivity contribution in [1.29, 1.82) is 0 Å². The molecule has 0 spiro atoms. The number of amides is 1. The van der Waals surface area contributed by atoms with E-state index in [2.05, 4.69) is 22.2 Å². The van der Waals surface area contributed by atoms with E-state index in [9.17, 15) is 4.79 Å². The molecule has 1 aliphatic rings. The fourth-order valence-corrected chi connectivity index (χ4v) is 1.70. The van der Waals surface area contributed by atoms with Crippen molar-refractivity contribution in [2.24, 2.45) is 0 Å². The van der Waals surface area contributed by atoms with Crippen LogP contribution in [-0.2, 0) is 17.6 Å². The lowest BCUT2D eigenvalue weighted by molar-refractivity contribution is -0.116. The molecule has 1 amide bonds. The zero-order valence-corrected chi connectivity index (χ0v) is 10.2. The maximum absolute atomic E-state index is 11.1. The van der Waals surface area contributed by atoms with Gasteiger partial charge in [0.25, 0.3) is 0 Å². The maximum atomic E-state index is 11.1. The highest BCUT2D eigenvalue weighted by Crippen LogP contribution is 2.22. The molecule has 2 heterocycles. The lowest BCUT2D eigenvalue weighted by atomic mass is 10.0. The molecule has 0 aromatic carbocycles. The molecule has 16 heavy (non-hydrogen) atoms. The second-order valence-electron chi connectivity index (χ2n) is 3.45. The summed E-state index contributed by atoms with van der Waals surface area (Å²) in [7, 11) is 0. The number of aryl methyl sites for hydroxylation is 1. The van der Waals surface area contributed by atoms with Crippen LogP contribution in [0.25, 0.3) is 0 Å². The molecule has 0 atom stereocenters. The van der Waals surface area contributed by atoms with E-state index in [1.54, 1.807) is 0 Å². The van der Waals surface area contributed by atoms with Gasteiger partial charge in [-0.25, -0.2) is 9.97 Å². The summed E-state index contributed by atoms with van der Waals surface area (Å²) in [4.78, 5) is 19.4. The van der Waals surface area contributed by atoms with Crippen LogP contribution in [0.15, 0.2) is 6.33 Å². The Morgan fingerprint density at radius 1 is 1.31 bits per heavy atom. The fourth-order valence-electron chi connectivity index (χ4n) is 1.70. The third kappa shape index (κ3) is 2.78. The average Bonchev–Trinajstić information content (AvgIpc) is 2.32. The molecule has 4 nitrogen and oxygen atoms in total. The summed E-state index contributed by atoms with van der Waals surface area (Å²) in [5.74, 6) is 0.762. The van der Waals surface area contributed by atoms with Gasteiger partial charge in [-0.05, 0) is 12.8 Å². The van der Waals surface area contributed by atoms with Crippen LogP contribution in [0.4, 0.5) is 5.82 Å². The van der Waals surface area contributed by atoms with Gasteiger partial charge in [0, 0.05) is 17.7 Å². The average molecular weight is 221 g/mol. The van der Waals surface area contributed by atoms with Gasteiger partial charge in [-0.15, -0.1) is 0 Å². The number of fused-ring (bicyclic) bond motifs is 1. The normalized spacial score (nSPS) is 13.3. The number of aromatic nitrogens is 2. The number of rotatable bonds is 2. The van der Waals surface area contributed by atoms with Gasteiger partial charge in [0.2, 0.25) is 5.91 Å². The molecule has 0 bridgehead atoms. The van der Waals surface area contributed by atoms with Crippen molar-refractivity contribution < 1.29 is 4.79 Å². The van der Waals surface area contributed by atoms with Crippen molar-refractivity contribution >= 4 is 11.7 Å². The second-order valence-corrected chi connectivity index (χ2v) is 3.45. The number of anilines is 1. The zero-order valence-electron chi connectivity index (χ0n) is 10.2. The minimum absolute atomic E-state index is 0.0543. The van der Waals surface area contributed by atoms with Gasteiger partial charge in [-0.3, -0.25) is 4.79 Å². The van der Waals surface area contributed by atoms with Crippen LogP contribution in [-0.4, -0.2) is 15.9 Å². The van der Waals surface area contributed by atoms with Gasteiger partial charge in [0.15, 0.2) is 0 Å². The summed E-state index contributed by atoms with van der Waals surface area (Å²) >= 11 is 0. The van der Waals surface area contributed by atoms with E-state index >= 15 is 0 Å². The number of carbonyl (C=O) groups excluding carboxylic acids is 1. The van der Waals surface area contributed by atoms with E-state index in [-0.39, 0.29) is 5.91 Å². The van der Waals surface area contributed by atoms with Gasteiger partial charge >= 0.3 is 0 Å². The molecule has 0 radical (unpaired) electrons. The molecule has 0 saturated heterocycles. The Balaban J connectivity index is 0.000000606. The first-order valence-electron chi connectivity index (χ1n) is 5.94. The van der Waals surface area contributed by atoms with Crippen LogP contribution < -0.4 is 5.32 Å². The Morgan fingerprint density at radius 2 is 2.06 bits per heavy atom. The monoisotopic (exact) mass is 221 g/mol. The van der Waals surface area contributed by atoms with Crippen molar-refractivity contribution in [2.45, 2.75) is 46.5 Å². The molecule has 1 aromatic heterocycles. The molecule has 0 unspecified atom stereocenters. The summed E-state index contributed by atoms with van der Waals surface area (Å²) in [6.07, 6.45) is 4.88. The predicted octanol–water partition coefficient (Wildman–Crippen LogP) is 2.34. The van der Waals surface area contributed by atoms with E-state index in [1.165, 1.54) is 6.33 Å². The van der Waals surface area contributed by atoms with Crippen LogP contribution in [0.2, 0.25) is 0 Å². The summed E-state index contributed by atoms with van der Waals surface area (Å²) < 4.78 is 0. The number of hydrogen-bond acceptors (Lipinski definition) is 3. The van der Waals surface area contributed by atoms with Gasteiger partial charge in [-0.2, -0.15) is 0 Å². The zero-order chi connectivity index (χ0) is 12.0. The molecule has 0 saturated carbocycles. The first-order valence-corrected chi connectivity index (χ1v) is 5.94. The van der Waals surface area contributed by atoms with Gasteiger partial charge in [0.1, 0.15) is 12.1 Å². The minimum atomic E-state index is 0.0543. The number of nitrogens with zero attached hydrogens (tertiary/aromatic N) is 2. The molecule has 1 aromatic rings. The molecular formula is C12H19N3O. The molecule has 0 fully saturated rings. The van der Waals surface area contributed by atoms with E-state index in [0.29, 0.717) is 12.2 Å². The van der Waals surface area contributed by atoms with Crippen molar-refractivity contribution in [2.75, 3.05) is 5.32 Å². The van der Waals surface area contributed by atoms with Crippen molar-refractivity contribution in [1.82, 2.24) is 9.97 Å². The van der Waals surface area contributed by atoms with E-state index < -0.39 is 0 Å². The first kappa shape index (κ1) is 12.6. The molecule has 2 rings (SSSR count). The summed E-state index contributed by atoms with van der Waals surface area (Å²) in [6, 6.07) is 0. The van der Waals surface area contributed by atoms with Crippen LogP contribution in [0.5, 0.6) is 0 Å². The topological polar surface area (TPSA) is 54.9 Å². The molecule has 1 aliphatic heterocycles. The van der Waals surface area contributed by atoms with Crippen LogP contribution >= 0.6 is 0 Å². The van der Waals surface area contributed by atoms with Crippen LogP contribution in [0.3, 0.4) is 0 Å². The molecule has 88 valence electrons. The SMILES string of the molecule is CC.CCCc1ncnc2c1CCC(=O)N2. The molecule has 1 N–H and O–H groups in total. The van der Waals surface area contributed by atoms with Crippen molar-refractivity contribution in [3.05, 3.63) is 17.6 Å². The highest BCUT2D eigenvalue weighted by Gasteiger charge is 2.18. The number of carbonyl (C=O) groups is 1. The Morgan fingerprint density at radius 3 is 2.75 bits per heavy atom. The minimum Gasteiger partial charge on any atom is -0.310 e. The van der Waals surface area contributed by atoms with Gasteiger partial charge in [0.05, 0.1) is 0 Å². The maximum Gasteiger partial charge on any atom is 0.225 e. The highest BCUT2D eigenvalue weighted by molar-refractivity contribution is 5.92. The van der Waals surface area contributed by atoms with Crippen molar-refractivity contribution in [3.63, 3.8) is 0 Å². The Bertz CT molecular complexity index is 363. The Hall–Kier alpha value is -1.45. The smallest absolute Gasteiger partial charge is 0.225 e. The summed E-state index contributed by atoms with van der Waals surface area (Å²) in [5, 5.41) is 2.77. The van der Waals surface area contributed by atoms with Crippen molar-refractivity contribution in [3.8, 4) is 0 Å². The van der Waals surface area contributed by atoms with E-state index in [1.807, 2.05) is 13.8 Å². The number of hydrogen-bond donors (Lipinski definition) is 1. The van der Waals surface area contributed by atoms with Crippen LogP contribution in [0.1, 0.15) is 44.9 Å². The first-order chi connectivity index (χ1) is 7.81. The Kier molecular flexibility index (Phi) is 4.89. The van der Waals surface area contributed by atoms with E-state index in [4.69, 9.17) is 0 Å². The van der Waals surface area contributed by atoms with Gasteiger partial charge < -0.3 is 5.32 Å². The third-order valence-corrected chi connectivity index (χ3v) is 2.38. The van der Waals surface area contributed by atoms with E-state index in [0.717, 1.165) is 30.5 Å². The van der Waals surface area contributed by atoms with Crippen LogP contribution in [0, 0.1) is 0 Å². The lowest BCUT2D eigenvalue weighted by Gasteiger charge is -2.17. The summed E-state index contributed by atoms with van der Waals surface area (Å²) in [6.45, 7) is 6.12. The summed E-state index contributed by atoms with van der Waals surface area (Å²) in [5.41, 5.74) is 2.20. The molecule has 0 aliphatic carbocycles. The Labute approximate surface area is 96.5 Å². The molecular weight excluding hydrogens is 202 g/mol. The fraction of sp³-hybridized carbons (Fsp3) is 0.583. The second kappa shape index (κ2) is 6.20. The quantitative estimate of drug-likeness (QED) is 0.834. The predicted molar refractivity (Wildman–Crippen MR) is 64.3 cm³/mol. The number of nitrogens with one attached hydrogen (secondary N) is 1. The standard InChI is InChI=1S/C10H13N3O.C2H6/c1-2-3-8-7-4-5-9(14)13-10(7)12-6-11-8;1-2/h6H,2-5H2,1H3,(H,11,12,13,14);1-2H3.